The third-order valence-corrected chi connectivity index (χ3v) is 6.88. The van der Waals surface area contributed by atoms with Crippen molar-refractivity contribution in [2.75, 3.05) is 18.0 Å². The first kappa shape index (κ1) is 19.2. The SMILES string of the molecule is Cc1ccccc1N1CC(C(=O)Cc2nc(-c3sc(CO)nc3CO)cs2)C1. The zero-order valence-corrected chi connectivity index (χ0v) is 17.1. The van der Waals surface area contributed by atoms with Crippen molar-refractivity contribution in [2.24, 2.45) is 5.92 Å². The lowest BCUT2D eigenvalue weighted by Crippen LogP contribution is -2.51. The smallest absolute Gasteiger partial charge is 0.146 e. The number of anilines is 1. The predicted octanol–water partition coefficient (Wildman–Crippen LogP) is 2.81. The minimum atomic E-state index is -0.200. The molecule has 3 aromatic rings. The highest BCUT2D eigenvalue weighted by Gasteiger charge is 2.33. The van der Waals surface area contributed by atoms with E-state index in [0.717, 1.165) is 23.0 Å². The van der Waals surface area contributed by atoms with Crippen LogP contribution in [0.5, 0.6) is 0 Å². The summed E-state index contributed by atoms with van der Waals surface area (Å²) in [7, 11) is 0. The summed E-state index contributed by atoms with van der Waals surface area (Å²) in [6.07, 6.45) is 0.330. The van der Waals surface area contributed by atoms with Crippen molar-refractivity contribution in [1.29, 1.82) is 0 Å². The number of hydrogen-bond acceptors (Lipinski definition) is 8. The molecule has 28 heavy (non-hydrogen) atoms. The van der Waals surface area contributed by atoms with Crippen molar-refractivity contribution < 1.29 is 15.0 Å². The molecule has 0 spiro atoms. The molecule has 0 saturated carbocycles. The summed E-state index contributed by atoms with van der Waals surface area (Å²) in [6, 6.07) is 8.23. The molecular formula is C20H21N3O3S2. The number of ketones is 1. The summed E-state index contributed by atoms with van der Waals surface area (Å²) in [5.41, 5.74) is 3.66. The Kier molecular flexibility index (Phi) is 5.54. The number of carbonyl (C=O) groups excluding carboxylic acids is 1. The average molecular weight is 416 g/mol. The highest BCUT2D eigenvalue weighted by atomic mass is 32.1. The molecule has 1 fully saturated rings. The second-order valence-electron chi connectivity index (χ2n) is 6.86. The van der Waals surface area contributed by atoms with Crippen molar-refractivity contribution >= 4 is 34.1 Å². The Morgan fingerprint density at radius 3 is 2.68 bits per heavy atom. The maximum atomic E-state index is 12.6. The molecule has 6 nitrogen and oxygen atoms in total. The monoisotopic (exact) mass is 415 g/mol. The molecule has 2 N–H and O–H groups in total. The van der Waals surface area contributed by atoms with Gasteiger partial charge in [0, 0.05) is 24.2 Å². The Bertz CT molecular complexity index is 992. The van der Waals surface area contributed by atoms with Gasteiger partial charge in [0.2, 0.25) is 0 Å². The van der Waals surface area contributed by atoms with Gasteiger partial charge >= 0.3 is 0 Å². The Hall–Kier alpha value is -2.13. The van der Waals surface area contributed by atoms with E-state index in [2.05, 4.69) is 33.9 Å². The van der Waals surface area contributed by atoms with Crippen LogP contribution in [0.3, 0.4) is 0 Å². The predicted molar refractivity (Wildman–Crippen MR) is 111 cm³/mol. The Morgan fingerprint density at radius 1 is 1.18 bits per heavy atom. The number of hydrogen-bond donors (Lipinski definition) is 2. The molecule has 146 valence electrons. The van der Waals surface area contributed by atoms with E-state index in [1.165, 1.54) is 33.9 Å². The minimum absolute atomic E-state index is 0.0457. The van der Waals surface area contributed by atoms with Gasteiger partial charge in [-0.05, 0) is 18.6 Å². The lowest BCUT2D eigenvalue weighted by atomic mass is 9.92. The van der Waals surface area contributed by atoms with Crippen LogP contribution < -0.4 is 4.90 Å². The van der Waals surface area contributed by atoms with E-state index in [4.69, 9.17) is 0 Å². The number of para-hydroxylation sites is 1. The first-order valence-corrected chi connectivity index (χ1v) is 10.8. The molecule has 3 heterocycles. The van der Waals surface area contributed by atoms with Crippen LogP contribution in [0.2, 0.25) is 0 Å². The molecule has 0 bridgehead atoms. The maximum absolute atomic E-state index is 12.6. The van der Waals surface area contributed by atoms with Crippen LogP contribution >= 0.6 is 22.7 Å². The number of rotatable bonds is 7. The third kappa shape index (κ3) is 3.73. The van der Waals surface area contributed by atoms with Crippen LogP contribution in [0, 0.1) is 12.8 Å². The van der Waals surface area contributed by atoms with E-state index < -0.39 is 0 Å². The van der Waals surface area contributed by atoms with E-state index in [9.17, 15) is 15.0 Å². The zero-order valence-electron chi connectivity index (χ0n) is 15.5. The van der Waals surface area contributed by atoms with Crippen LogP contribution in [0.15, 0.2) is 29.6 Å². The summed E-state index contributed by atoms with van der Waals surface area (Å²) in [4.78, 5) is 24.4. The Labute approximate surface area is 171 Å². The molecule has 0 amide bonds. The van der Waals surface area contributed by atoms with Crippen LogP contribution in [-0.2, 0) is 24.4 Å². The van der Waals surface area contributed by atoms with Crippen molar-refractivity contribution in [1.82, 2.24) is 9.97 Å². The van der Waals surface area contributed by atoms with Crippen LogP contribution in [0.1, 0.15) is 21.3 Å². The van der Waals surface area contributed by atoms with Crippen LogP contribution in [0.25, 0.3) is 10.6 Å². The van der Waals surface area contributed by atoms with Gasteiger partial charge in [0.25, 0.3) is 0 Å². The Morgan fingerprint density at radius 2 is 1.96 bits per heavy atom. The standard InChI is InChI=1S/C20H21N3O3S2/c1-12-4-2-3-5-16(12)23-7-13(8-23)17(26)6-18-22-15(11-27-18)20-14(9-24)21-19(10-25)28-20/h2-5,11,13,24-25H,6-10H2,1H3. The first-order valence-electron chi connectivity index (χ1n) is 9.07. The van der Waals surface area contributed by atoms with Gasteiger partial charge in [0.1, 0.15) is 15.8 Å². The molecule has 2 aromatic heterocycles. The van der Waals surface area contributed by atoms with Crippen molar-refractivity contribution in [3.05, 3.63) is 50.9 Å². The van der Waals surface area contributed by atoms with E-state index in [0.29, 0.717) is 22.8 Å². The molecule has 8 heteroatoms. The molecule has 1 aromatic carbocycles. The van der Waals surface area contributed by atoms with Gasteiger partial charge in [-0.1, -0.05) is 18.2 Å². The van der Waals surface area contributed by atoms with Gasteiger partial charge in [-0.25, -0.2) is 9.97 Å². The number of aryl methyl sites for hydroxylation is 1. The number of aliphatic hydroxyl groups excluding tert-OH is 2. The molecule has 1 aliphatic heterocycles. The molecule has 0 aliphatic carbocycles. The van der Waals surface area contributed by atoms with Gasteiger partial charge in [0.15, 0.2) is 0 Å². The largest absolute Gasteiger partial charge is 0.390 e. The number of carbonyl (C=O) groups is 1. The molecule has 1 saturated heterocycles. The van der Waals surface area contributed by atoms with Crippen LogP contribution in [0.4, 0.5) is 5.69 Å². The van der Waals surface area contributed by atoms with E-state index in [1.807, 2.05) is 17.5 Å². The average Bonchev–Trinajstić information content (AvgIpc) is 3.28. The molecule has 0 unspecified atom stereocenters. The maximum Gasteiger partial charge on any atom is 0.146 e. The number of Topliss-reactive ketones (excluding diaryl/α,β-unsaturated/α-hetero) is 1. The van der Waals surface area contributed by atoms with E-state index in [1.54, 1.807) is 0 Å². The van der Waals surface area contributed by atoms with Crippen molar-refractivity contribution in [2.45, 2.75) is 26.6 Å². The van der Waals surface area contributed by atoms with Gasteiger partial charge in [0.05, 0.1) is 41.8 Å². The molecule has 1 aliphatic rings. The number of thiazole rings is 2. The summed E-state index contributed by atoms with van der Waals surface area (Å²) in [5.74, 6) is 0.262. The number of nitrogens with zero attached hydrogens (tertiary/aromatic N) is 3. The first-order chi connectivity index (χ1) is 13.6. The number of benzene rings is 1. The van der Waals surface area contributed by atoms with Crippen LogP contribution in [-0.4, -0.2) is 39.1 Å². The van der Waals surface area contributed by atoms with Gasteiger partial charge < -0.3 is 15.1 Å². The number of aromatic nitrogens is 2. The second-order valence-corrected chi connectivity index (χ2v) is 8.88. The van der Waals surface area contributed by atoms with Gasteiger partial charge in [-0.2, -0.15) is 0 Å². The fraction of sp³-hybridized carbons (Fsp3) is 0.350. The fourth-order valence-corrected chi connectivity index (χ4v) is 5.13. The lowest BCUT2D eigenvalue weighted by Gasteiger charge is -2.40. The van der Waals surface area contributed by atoms with E-state index >= 15 is 0 Å². The number of aliphatic hydroxyl groups is 2. The Balaban J connectivity index is 1.39. The fourth-order valence-electron chi connectivity index (χ4n) is 3.36. The minimum Gasteiger partial charge on any atom is -0.390 e. The third-order valence-electron chi connectivity index (χ3n) is 4.93. The summed E-state index contributed by atoms with van der Waals surface area (Å²) in [6.45, 7) is 3.24. The molecule has 0 radical (unpaired) electrons. The highest BCUT2D eigenvalue weighted by Crippen LogP contribution is 2.33. The van der Waals surface area contributed by atoms with Gasteiger partial charge in [-0.3, -0.25) is 4.79 Å². The summed E-state index contributed by atoms with van der Waals surface area (Å²) in [5, 5.41) is 21.9. The molecular weight excluding hydrogens is 394 g/mol. The summed E-state index contributed by atoms with van der Waals surface area (Å²) >= 11 is 2.77. The topological polar surface area (TPSA) is 86.6 Å². The lowest BCUT2D eigenvalue weighted by molar-refractivity contribution is -0.122. The highest BCUT2D eigenvalue weighted by molar-refractivity contribution is 7.16. The zero-order chi connectivity index (χ0) is 19.7. The quantitative estimate of drug-likeness (QED) is 0.617. The normalized spacial score (nSPS) is 14.3. The molecule has 4 rings (SSSR count). The molecule has 0 atom stereocenters. The summed E-state index contributed by atoms with van der Waals surface area (Å²) < 4.78 is 0. The van der Waals surface area contributed by atoms with E-state index in [-0.39, 0.29) is 24.9 Å². The van der Waals surface area contributed by atoms with Crippen molar-refractivity contribution in [3.8, 4) is 10.6 Å². The second kappa shape index (κ2) is 8.08. The van der Waals surface area contributed by atoms with Crippen molar-refractivity contribution in [3.63, 3.8) is 0 Å². The van der Waals surface area contributed by atoms with Gasteiger partial charge in [-0.15, -0.1) is 22.7 Å².